The number of aromatic nitrogens is 1. The molecule has 0 atom stereocenters. The topological polar surface area (TPSA) is 71.5 Å². The van der Waals surface area contributed by atoms with Gasteiger partial charge < -0.3 is 9.84 Å². The molecule has 2 rings (SSSR count). The zero-order valence-electron chi connectivity index (χ0n) is 8.60. The average molecular weight is 218 g/mol. The quantitative estimate of drug-likeness (QED) is 0.811. The molecule has 1 amide bonds. The summed E-state index contributed by atoms with van der Waals surface area (Å²) in [4.78, 5) is 14.7. The van der Waals surface area contributed by atoms with E-state index in [4.69, 9.17) is 9.84 Å². The van der Waals surface area contributed by atoms with Crippen molar-refractivity contribution in [2.24, 2.45) is 0 Å². The molecule has 0 radical (unpaired) electrons. The third-order valence-electron chi connectivity index (χ3n) is 2.19. The van der Waals surface area contributed by atoms with Crippen LogP contribution in [-0.2, 0) is 0 Å². The fraction of sp³-hybridized carbons (Fsp3) is 0.0909. The van der Waals surface area contributed by atoms with Gasteiger partial charge in [0.15, 0.2) is 0 Å². The van der Waals surface area contributed by atoms with E-state index in [1.807, 2.05) is 6.07 Å². The van der Waals surface area contributed by atoms with Crippen molar-refractivity contribution in [2.45, 2.75) is 0 Å². The monoisotopic (exact) mass is 218 g/mol. The largest absolute Gasteiger partial charge is 0.496 e. The highest BCUT2D eigenvalue weighted by Crippen LogP contribution is 2.29. The van der Waals surface area contributed by atoms with Crippen LogP contribution in [0.25, 0.3) is 10.9 Å². The second kappa shape index (κ2) is 4.06. The summed E-state index contributed by atoms with van der Waals surface area (Å²) in [5.74, 6) is 0.666. The van der Waals surface area contributed by atoms with Crippen LogP contribution in [0.3, 0.4) is 0 Å². The molecule has 2 aromatic rings. The van der Waals surface area contributed by atoms with Gasteiger partial charge in [0.05, 0.1) is 18.3 Å². The van der Waals surface area contributed by atoms with Gasteiger partial charge in [-0.3, -0.25) is 10.3 Å². The van der Waals surface area contributed by atoms with Crippen LogP contribution in [0, 0.1) is 0 Å². The molecule has 0 aliphatic heterocycles. The van der Waals surface area contributed by atoms with Crippen molar-refractivity contribution in [1.29, 1.82) is 0 Å². The number of fused-ring (bicyclic) bond motifs is 1. The smallest absolute Gasteiger partial charge is 0.409 e. The van der Waals surface area contributed by atoms with Crippen molar-refractivity contribution in [3.8, 4) is 5.75 Å². The van der Waals surface area contributed by atoms with Gasteiger partial charge in [-0.25, -0.2) is 4.79 Å². The fourth-order valence-corrected chi connectivity index (χ4v) is 1.54. The summed E-state index contributed by atoms with van der Waals surface area (Å²) in [5, 5.41) is 11.8. The maximum Gasteiger partial charge on any atom is 0.409 e. The zero-order valence-corrected chi connectivity index (χ0v) is 8.60. The van der Waals surface area contributed by atoms with E-state index in [9.17, 15) is 4.79 Å². The Morgan fingerprint density at radius 2 is 2.25 bits per heavy atom. The molecular formula is C11H10N2O3. The molecule has 0 aliphatic carbocycles. The molecule has 82 valence electrons. The van der Waals surface area contributed by atoms with Gasteiger partial charge >= 0.3 is 6.09 Å². The standard InChI is InChI=1S/C11H10N2O3/c1-16-9-5-4-8(13-11(14)15)10-7(9)3-2-6-12-10/h2-6,13H,1H3,(H,14,15). The number of carboxylic acid groups (broad SMARTS) is 1. The summed E-state index contributed by atoms with van der Waals surface area (Å²) < 4.78 is 5.17. The van der Waals surface area contributed by atoms with Gasteiger partial charge in [0.25, 0.3) is 0 Å². The summed E-state index contributed by atoms with van der Waals surface area (Å²) in [6.45, 7) is 0. The minimum absolute atomic E-state index is 0.448. The Labute approximate surface area is 91.7 Å². The van der Waals surface area contributed by atoms with Gasteiger partial charge in [-0.1, -0.05) is 0 Å². The SMILES string of the molecule is COc1ccc(NC(=O)O)c2ncccc12. The average Bonchev–Trinajstić information content (AvgIpc) is 2.29. The second-order valence-electron chi connectivity index (χ2n) is 3.15. The maximum absolute atomic E-state index is 10.6. The van der Waals surface area contributed by atoms with Crippen LogP contribution in [0.15, 0.2) is 30.5 Å². The van der Waals surface area contributed by atoms with Crippen LogP contribution in [0.4, 0.5) is 10.5 Å². The third kappa shape index (κ3) is 1.75. The number of rotatable bonds is 2. The molecule has 0 saturated heterocycles. The number of ether oxygens (including phenoxy) is 1. The van der Waals surface area contributed by atoms with Crippen molar-refractivity contribution < 1.29 is 14.6 Å². The lowest BCUT2D eigenvalue weighted by Crippen LogP contribution is -2.08. The lowest BCUT2D eigenvalue weighted by atomic mass is 10.1. The van der Waals surface area contributed by atoms with E-state index >= 15 is 0 Å². The van der Waals surface area contributed by atoms with Gasteiger partial charge in [-0.2, -0.15) is 0 Å². The molecule has 0 unspecified atom stereocenters. The van der Waals surface area contributed by atoms with Crippen molar-refractivity contribution in [3.63, 3.8) is 0 Å². The Kier molecular flexibility index (Phi) is 2.59. The number of anilines is 1. The van der Waals surface area contributed by atoms with Crippen LogP contribution in [0.5, 0.6) is 5.75 Å². The van der Waals surface area contributed by atoms with Gasteiger partial charge in [-0.05, 0) is 24.3 Å². The van der Waals surface area contributed by atoms with Crippen LogP contribution in [-0.4, -0.2) is 23.3 Å². The van der Waals surface area contributed by atoms with Crippen molar-refractivity contribution >= 4 is 22.7 Å². The van der Waals surface area contributed by atoms with Crippen LogP contribution in [0.1, 0.15) is 0 Å². The Hall–Kier alpha value is -2.30. The molecule has 16 heavy (non-hydrogen) atoms. The molecule has 0 spiro atoms. The maximum atomic E-state index is 10.6. The first-order valence-electron chi connectivity index (χ1n) is 4.64. The van der Waals surface area contributed by atoms with E-state index in [2.05, 4.69) is 10.3 Å². The number of methoxy groups -OCH3 is 1. The van der Waals surface area contributed by atoms with Crippen molar-refractivity contribution in [3.05, 3.63) is 30.5 Å². The number of hydrogen-bond donors (Lipinski definition) is 2. The summed E-state index contributed by atoms with van der Waals surface area (Å²) in [6, 6.07) is 6.93. The van der Waals surface area contributed by atoms with E-state index in [0.29, 0.717) is 17.0 Å². The van der Waals surface area contributed by atoms with E-state index < -0.39 is 6.09 Å². The number of amides is 1. The molecule has 0 saturated carbocycles. The zero-order chi connectivity index (χ0) is 11.5. The molecule has 5 nitrogen and oxygen atoms in total. The Balaban J connectivity index is 2.64. The highest BCUT2D eigenvalue weighted by molar-refractivity contribution is 5.99. The summed E-state index contributed by atoms with van der Waals surface area (Å²) in [7, 11) is 1.56. The van der Waals surface area contributed by atoms with Crippen molar-refractivity contribution in [1.82, 2.24) is 4.98 Å². The summed E-state index contributed by atoms with van der Waals surface area (Å²) in [6.07, 6.45) is 0.492. The molecule has 1 aromatic heterocycles. The first-order chi connectivity index (χ1) is 7.72. The van der Waals surface area contributed by atoms with Gasteiger partial charge in [0.1, 0.15) is 5.75 Å². The van der Waals surface area contributed by atoms with Gasteiger partial charge in [0.2, 0.25) is 0 Å². The van der Waals surface area contributed by atoms with E-state index in [0.717, 1.165) is 5.39 Å². The summed E-state index contributed by atoms with van der Waals surface area (Å²) in [5.41, 5.74) is 1.02. The molecule has 0 bridgehead atoms. The molecule has 0 fully saturated rings. The van der Waals surface area contributed by atoms with Crippen LogP contribution < -0.4 is 10.1 Å². The Morgan fingerprint density at radius 3 is 2.94 bits per heavy atom. The fourth-order valence-electron chi connectivity index (χ4n) is 1.54. The minimum Gasteiger partial charge on any atom is -0.496 e. The lowest BCUT2D eigenvalue weighted by Gasteiger charge is -2.08. The molecule has 0 aliphatic rings. The van der Waals surface area contributed by atoms with E-state index in [1.165, 1.54) is 0 Å². The van der Waals surface area contributed by atoms with Crippen molar-refractivity contribution in [2.75, 3.05) is 12.4 Å². The lowest BCUT2D eigenvalue weighted by molar-refractivity contribution is 0.210. The Bertz CT molecular complexity index is 540. The normalized spacial score (nSPS) is 10.1. The number of nitrogens with zero attached hydrogens (tertiary/aromatic N) is 1. The number of hydrogen-bond acceptors (Lipinski definition) is 3. The molecule has 2 N–H and O–H groups in total. The van der Waals surface area contributed by atoms with Crippen LogP contribution in [0.2, 0.25) is 0 Å². The van der Waals surface area contributed by atoms with Crippen LogP contribution >= 0.6 is 0 Å². The Morgan fingerprint density at radius 1 is 1.44 bits per heavy atom. The van der Waals surface area contributed by atoms with E-state index in [-0.39, 0.29) is 0 Å². The second-order valence-corrected chi connectivity index (χ2v) is 3.15. The molecular weight excluding hydrogens is 208 g/mol. The van der Waals surface area contributed by atoms with Gasteiger partial charge in [-0.15, -0.1) is 0 Å². The van der Waals surface area contributed by atoms with E-state index in [1.54, 1.807) is 31.5 Å². The number of pyridine rings is 1. The highest BCUT2D eigenvalue weighted by atomic mass is 16.5. The summed E-state index contributed by atoms with van der Waals surface area (Å²) >= 11 is 0. The molecule has 5 heteroatoms. The minimum atomic E-state index is -1.11. The predicted octanol–water partition coefficient (Wildman–Crippen LogP) is 2.33. The number of carbonyl (C=O) groups is 1. The predicted molar refractivity (Wildman–Crippen MR) is 59.9 cm³/mol. The first-order valence-corrected chi connectivity index (χ1v) is 4.64. The highest BCUT2D eigenvalue weighted by Gasteiger charge is 2.08. The number of nitrogens with one attached hydrogen (secondary N) is 1. The molecule has 1 aromatic carbocycles. The number of benzene rings is 1. The molecule has 1 heterocycles. The van der Waals surface area contributed by atoms with Gasteiger partial charge in [0, 0.05) is 11.6 Å². The third-order valence-corrected chi connectivity index (χ3v) is 2.19. The first kappa shape index (κ1) is 10.2.